The third kappa shape index (κ3) is 7.78. The summed E-state index contributed by atoms with van der Waals surface area (Å²) in [6, 6.07) is 11.6. The Labute approximate surface area is 255 Å². The summed E-state index contributed by atoms with van der Waals surface area (Å²) in [4.78, 5) is 60.1. The number of amides is 3. The summed E-state index contributed by atoms with van der Waals surface area (Å²) in [6.45, 7) is 2.44. The number of hydrogen-bond donors (Lipinski definition) is 3. The minimum absolute atomic E-state index is 0.0271. The molecule has 3 heterocycles. The molecule has 3 N–H and O–H groups in total. The predicted octanol–water partition coefficient (Wildman–Crippen LogP) is 4.96. The van der Waals surface area contributed by atoms with Gasteiger partial charge in [-0.25, -0.2) is 0 Å². The van der Waals surface area contributed by atoms with Crippen molar-refractivity contribution >= 4 is 46.4 Å². The molecule has 5 rings (SSSR count). The van der Waals surface area contributed by atoms with Crippen LogP contribution >= 0.6 is 11.3 Å². The highest BCUT2D eigenvalue weighted by atomic mass is 32.1. The second kappa shape index (κ2) is 14.3. The van der Waals surface area contributed by atoms with Crippen LogP contribution in [0, 0.1) is 5.92 Å². The van der Waals surface area contributed by atoms with E-state index in [-0.39, 0.29) is 24.2 Å². The molecule has 1 saturated heterocycles. The molecular weight excluding hydrogens is 566 g/mol. The Kier molecular flexibility index (Phi) is 10.0. The number of nitrogens with one attached hydrogen (secondary N) is 2. The van der Waals surface area contributed by atoms with Gasteiger partial charge in [-0.3, -0.25) is 24.2 Å². The molecule has 2 aromatic heterocycles. The zero-order chi connectivity index (χ0) is 30.2. The van der Waals surface area contributed by atoms with E-state index >= 15 is 0 Å². The van der Waals surface area contributed by atoms with Crippen molar-refractivity contribution in [3.63, 3.8) is 0 Å². The molecule has 1 aliphatic heterocycles. The van der Waals surface area contributed by atoms with Crippen molar-refractivity contribution in [3.05, 3.63) is 76.2 Å². The maximum Gasteiger partial charge on any atom is 0.305 e. The fourth-order valence-corrected chi connectivity index (χ4v) is 6.51. The molecule has 43 heavy (non-hydrogen) atoms. The number of carboxylic acids is 1. The van der Waals surface area contributed by atoms with E-state index in [4.69, 9.17) is 0 Å². The summed E-state index contributed by atoms with van der Waals surface area (Å²) in [6.07, 6.45) is 8.45. The third-order valence-electron chi connectivity index (χ3n) is 8.12. The van der Waals surface area contributed by atoms with Crippen LogP contribution in [0.1, 0.15) is 76.6 Å². The van der Waals surface area contributed by atoms with Gasteiger partial charge in [0.15, 0.2) is 0 Å². The number of benzene rings is 1. The highest BCUT2D eigenvalue weighted by molar-refractivity contribution is 7.12. The van der Waals surface area contributed by atoms with Crippen molar-refractivity contribution in [1.29, 1.82) is 0 Å². The SMILES string of the molecule is O=C(O)CC(NC(=O)c1ccc(N2CCCN(C(=O)c3cccs3)CC2)c(NC(=O)C2CCCCC2)c1)c1cccnc1. The summed E-state index contributed by atoms with van der Waals surface area (Å²) in [5, 5.41) is 17.3. The van der Waals surface area contributed by atoms with Crippen molar-refractivity contribution in [3.8, 4) is 0 Å². The lowest BCUT2D eigenvalue weighted by atomic mass is 9.88. The highest BCUT2D eigenvalue weighted by Crippen LogP contribution is 2.32. The Morgan fingerprint density at radius 1 is 0.977 bits per heavy atom. The molecule has 226 valence electrons. The number of carbonyl (C=O) groups excluding carboxylic acids is 3. The first-order valence-electron chi connectivity index (χ1n) is 14.8. The van der Waals surface area contributed by atoms with Gasteiger partial charge >= 0.3 is 5.97 Å². The molecule has 1 aliphatic carbocycles. The van der Waals surface area contributed by atoms with Gasteiger partial charge in [-0.2, -0.15) is 0 Å². The number of nitrogens with zero attached hydrogens (tertiary/aromatic N) is 3. The summed E-state index contributed by atoms with van der Waals surface area (Å²) < 4.78 is 0. The Hall–Kier alpha value is -4.25. The van der Waals surface area contributed by atoms with E-state index < -0.39 is 17.9 Å². The Bertz CT molecular complexity index is 1430. The average molecular weight is 604 g/mol. The maximum absolute atomic E-state index is 13.4. The van der Waals surface area contributed by atoms with Gasteiger partial charge in [-0.05, 0) is 60.5 Å². The molecule has 10 nitrogen and oxygen atoms in total. The molecule has 11 heteroatoms. The Morgan fingerprint density at radius 2 is 1.81 bits per heavy atom. The Morgan fingerprint density at radius 3 is 2.53 bits per heavy atom. The van der Waals surface area contributed by atoms with Gasteiger partial charge in [0.1, 0.15) is 0 Å². The fourth-order valence-electron chi connectivity index (χ4n) is 5.82. The van der Waals surface area contributed by atoms with E-state index in [9.17, 15) is 24.3 Å². The van der Waals surface area contributed by atoms with Crippen molar-refractivity contribution < 1.29 is 24.3 Å². The van der Waals surface area contributed by atoms with Crippen molar-refractivity contribution in [2.75, 3.05) is 36.4 Å². The number of thiophene rings is 1. The Balaban J connectivity index is 1.38. The lowest BCUT2D eigenvalue weighted by molar-refractivity contribution is -0.137. The van der Waals surface area contributed by atoms with Crippen LogP contribution in [0.5, 0.6) is 0 Å². The first-order chi connectivity index (χ1) is 20.9. The predicted molar refractivity (Wildman–Crippen MR) is 165 cm³/mol. The molecule has 3 aromatic rings. The number of anilines is 2. The lowest BCUT2D eigenvalue weighted by Gasteiger charge is -2.28. The number of carboxylic acid groups (broad SMARTS) is 1. The van der Waals surface area contributed by atoms with E-state index in [1.54, 1.807) is 36.7 Å². The first-order valence-corrected chi connectivity index (χ1v) is 15.7. The smallest absolute Gasteiger partial charge is 0.305 e. The topological polar surface area (TPSA) is 132 Å². The van der Waals surface area contributed by atoms with Gasteiger partial charge in [0.05, 0.1) is 28.7 Å². The summed E-state index contributed by atoms with van der Waals surface area (Å²) in [7, 11) is 0. The number of rotatable bonds is 9. The van der Waals surface area contributed by atoms with Crippen LogP contribution in [-0.2, 0) is 9.59 Å². The monoisotopic (exact) mass is 603 g/mol. The largest absolute Gasteiger partial charge is 0.481 e. The van der Waals surface area contributed by atoms with Gasteiger partial charge in [-0.15, -0.1) is 11.3 Å². The molecule has 1 saturated carbocycles. The molecule has 0 radical (unpaired) electrons. The van der Waals surface area contributed by atoms with Crippen LogP contribution in [0.2, 0.25) is 0 Å². The summed E-state index contributed by atoms with van der Waals surface area (Å²) in [5.41, 5.74) is 2.23. The summed E-state index contributed by atoms with van der Waals surface area (Å²) >= 11 is 1.44. The molecule has 0 spiro atoms. The molecule has 1 atom stereocenters. The van der Waals surface area contributed by atoms with E-state index in [0.29, 0.717) is 43.0 Å². The molecule has 2 aliphatic rings. The minimum atomic E-state index is -1.04. The van der Waals surface area contributed by atoms with Crippen molar-refractivity contribution in [2.24, 2.45) is 5.92 Å². The standard InChI is InChI=1S/C32H37N5O5S/c38-29(39)20-25(24-9-4-13-33-21-24)34-31(41)23-11-12-27(26(19-23)35-30(40)22-7-2-1-3-8-22)36-14-6-15-37(17-16-36)32(42)28-10-5-18-43-28/h4-5,9-13,18-19,21-22,25H,1-3,6-8,14-17,20H2,(H,34,41)(H,35,40)(H,38,39). The number of carbonyl (C=O) groups is 4. The average Bonchev–Trinajstić information content (AvgIpc) is 3.46. The molecular formula is C32H37N5O5S. The van der Waals surface area contributed by atoms with Crippen LogP contribution in [-0.4, -0.2) is 64.9 Å². The van der Waals surface area contributed by atoms with Crippen LogP contribution in [0.3, 0.4) is 0 Å². The van der Waals surface area contributed by atoms with E-state index in [2.05, 4.69) is 20.5 Å². The third-order valence-corrected chi connectivity index (χ3v) is 8.98. The van der Waals surface area contributed by atoms with Crippen LogP contribution < -0.4 is 15.5 Å². The molecule has 1 unspecified atom stereocenters. The number of aliphatic carboxylic acids is 1. The molecule has 0 bridgehead atoms. The number of hydrogen-bond acceptors (Lipinski definition) is 7. The summed E-state index contributed by atoms with van der Waals surface area (Å²) in [5.74, 6) is -1.59. The maximum atomic E-state index is 13.4. The van der Waals surface area contributed by atoms with Crippen LogP contribution in [0.15, 0.2) is 60.2 Å². The van der Waals surface area contributed by atoms with Gasteiger partial charge in [-0.1, -0.05) is 31.4 Å². The second-order valence-corrected chi connectivity index (χ2v) is 12.0. The van der Waals surface area contributed by atoms with E-state index in [0.717, 1.165) is 49.1 Å². The van der Waals surface area contributed by atoms with Crippen LogP contribution in [0.25, 0.3) is 0 Å². The number of aromatic nitrogens is 1. The normalized spacial score (nSPS) is 16.7. The minimum Gasteiger partial charge on any atom is -0.481 e. The van der Waals surface area contributed by atoms with Gasteiger partial charge < -0.3 is 25.5 Å². The fraction of sp³-hybridized carbons (Fsp3) is 0.406. The second-order valence-electron chi connectivity index (χ2n) is 11.1. The van der Waals surface area contributed by atoms with Gasteiger partial charge in [0.2, 0.25) is 5.91 Å². The lowest BCUT2D eigenvalue weighted by Crippen LogP contribution is -2.35. The van der Waals surface area contributed by atoms with Crippen LogP contribution in [0.4, 0.5) is 11.4 Å². The van der Waals surface area contributed by atoms with Gasteiger partial charge in [0, 0.05) is 50.1 Å². The van der Waals surface area contributed by atoms with E-state index in [1.807, 2.05) is 28.5 Å². The zero-order valence-corrected chi connectivity index (χ0v) is 24.9. The van der Waals surface area contributed by atoms with Crippen molar-refractivity contribution in [2.45, 2.75) is 51.0 Å². The number of pyridine rings is 1. The highest BCUT2D eigenvalue weighted by Gasteiger charge is 2.26. The zero-order valence-electron chi connectivity index (χ0n) is 24.0. The molecule has 1 aromatic carbocycles. The molecule has 2 fully saturated rings. The van der Waals surface area contributed by atoms with Gasteiger partial charge in [0.25, 0.3) is 11.8 Å². The van der Waals surface area contributed by atoms with Crippen molar-refractivity contribution in [1.82, 2.24) is 15.2 Å². The molecule has 3 amide bonds. The first kappa shape index (κ1) is 30.2. The van der Waals surface area contributed by atoms with E-state index in [1.165, 1.54) is 11.3 Å². The quantitative estimate of drug-likeness (QED) is 0.315.